The second-order valence-corrected chi connectivity index (χ2v) is 3.60. The first-order valence-corrected chi connectivity index (χ1v) is 5.04. The van der Waals surface area contributed by atoms with Gasteiger partial charge in [-0.25, -0.2) is 0 Å². The third kappa shape index (κ3) is 2.81. The second kappa shape index (κ2) is 4.65. The smallest absolute Gasteiger partial charge is 0.404 e. The average molecular weight is 233 g/mol. The lowest BCUT2D eigenvalue weighted by Gasteiger charge is -2.03. The van der Waals surface area contributed by atoms with Crippen molar-refractivity contribution in [3.8, 4) is 0 Å². The van der Waals surface area contributed by atoms with E-state index in [0.717, 1.165) is 11.3 Å². The molecular formula is C11H11N3O3. The average Bonchev–Trinajstić information content (AvgIpc) is 2.75. The fourth-order valence-electron chi connectivity index (χ4n) is 1.40. The zero-order valence-corrected chi connectivity index (χ0v) is 9.21. The van der Waals surface area contributed by atoms with Gasteiger partial charge in [-0.3, -0.25) is 15.1 Å². The molecule has 6 heteroatoms. The van der Waals surface area contributed by atoms with E-state index in [9.17, 15) is 10.1 Å². The maximum Gasteiger partial charge on any atom is 0.433 e. The van der Waals surface area contributed by atoms with Crippen molar-refractivity contribution < 1.29 is 9.34 Å². The van der Waals surface area contributed by atoms with Crippen LogP contribution in [0.4, 0.5) is 11.6 Å². The van der Waals surface area contributed by atoms with Gasteiger partial charge in [-0.2, -0.15) is 0 Å². The number of hydrogen-bond acceptors (Lipinski definition) is 5. The maximum absolute atomic E-state index is 10.4. The first kappa shape index (κ1) is 11.1. The summed E-state index contributed by atoms with van der Waals surface area (Å²) in [5.74, 6) is 0.266. The molecular weight excluding hydrogens is 222 g/mol. The van der Waals surface area contributed by atoms with Gasteiger partial charge in [0.1, 0.15) is 10.7 Å². The molecule has 0 radical (unpaired) electrons. The van der Waals surface area contributed by atoms with E-state index in [1.807, 2.05) is 13.0 Å². The molecule has 0 aliphatic carbocycles. The Labute approximate surface area is 97.4 Å². The van der Waals surface area contributed by atoms with Crippen LogP contribution in [0.2, 0.25) is 0 Å². The van der Waals surface area contributed by atoms with Gasteiger partial charge in [-0.15, -0.1) is 0 Å². The van der Waals surface area contributed by atoms with Crippen molar-refractivity contribution in [1.82, 2.24) is 4.98 Å². The molecule has 0 fully saturated rings. The summed E-state index contributed by atoms with van der Waals surface area (Å²) in [7, 11) is 0. The van der Waals surface area contributed by atoms with Crippen LogP contribution in [0.15, 0.2) is 35.0 Å². The Balaban J connectivity index is 2.00. The molecule has 2 heterocycles. The molecule has 0 atom stereocenters. The Morgan fingerprint density at radius 2 is 2.29 bits per heavy atom. The number of anilines is 1. The molecule has 6 nitrogen and oxygen atoms in total. The van der Waals surface area contributed by atoms with Gasteiger partial charge in [0.2, 0.25) is 0 Å². The van der Waals surface area contributed by atoms with Crippen molar-refractivity contribution in [2.45, 2.75) is 13.5 Å². The van der Waals surface area contributed by atoms with Gasteiger partial charge in [-0.05, 0) is 24.6 Å². The summed E-state index contributed by atoms with van der Waals surface area (Å²) in [6, 6.07) is 4.85. The molecule has 0 bridgehead atoms. The van der Waals surface area contributed by atoms with Gasteiger partial charge >= 0.3 is 5.88 Å². The van der Waals surface area contributed by atoms with Crippen LogP contribution in [-0.4, -0.2) is 9.91 Å². The number of pyridine rings is 1. The summed E-state index contributed by atoms with van der Waals surface area (Å²) < 4.78 is 5.02. The molecule has 88 valence electrons. The predicted octanol–water partition coefficient (Wildman–Crippen LogP) is 2.50. The summed E-state index contributed by atoms with van der Waals surface area (Å²) in [6.07, 6.45) is 3.44. The lowest BCUT2D eigenvalue weighted by atomic mass is 10.3. The van der Waals surface area contributed by atoms with Crippen molar-refractivity contribution in [3.63, 3.8) is 0 Å². The molecule has 2 aromatic rings. The van der Waals surface area contributed by atoms with E-state index in [0.29, 0.717) is 12.3 Å². The van der Waals surface area contributed by atoms with E-state index in [1.165, 1.54) is 6.07 Å². The van der Waals surface area contributed by atoms with E-state index in [4.69, 9.17) is 4.42 Å². The minimum atomic E-state index is -0.558. The standard InChI is InChI=1S/C11H11N3O3/c1-8-4-9(6-12-5-8)13-7-10-2-3-11(17-10)14(15)16/h2-6,13H,7H2,1H3. The van der Waals surface area contributed by atoms with Crippen molar-refractivity contribution in [2.24, 2.45) is 0 Å². The molecule has 17 heavy (non-hydrogen) atoms. The molecule has 0 aliphatic heterocycles. The number of hydrogen-bond donors (Lipinski definition) is 1. The molecule has 0 spiro atoms. The first-order valence-electron chi connectivity index (χ1n) is 5.04. The molecule has 2 aromatic heterocycles. The SMILES string of the molecule is Cc1cncc(NCc2ccc([N+](=O)[O-])o2)c1. The number of rotatable bonds is 4. The van der Waals surface area contributed by atoms with Crippen LogP contribution < -0.4 is 5.32 Å². The summed E-state index contributed by atoms with van der Waals surface area (Å²) in [6.45, 7) is 2.33. The Hall–Kier alpha value is -2.37. The van der Waals surface area contributed by atoms with Crippen molar-refractivity contribution in [2.75, 3.05) is 5.32 Å². The normalized spacial score (nSPS) is 10.2. The highest BCUT2D eigenvalue weighted by Crippen LogP contribution is 2.17. The van der Waals surface area contributed by atoms with E-state index in [2.05, 4.69) is 10.3 Å². The zero-order valence-electron chi connectivity index (χ0n) is 9.21. The quantitative estimate of drug-likeness (QED) is 0.648. The van der Waals surface area contributed by atoms with Crippen LogP contribution in [0.1, 0.15) is 11.3 Å². The summed E-state index contributed by atoms with van der Waals surface area (Å²) in [4.78, 5) is 13.9. The number of aryl methyl sites for hydroxylation is 1. The van der Waals surface area contributed by atoms with Gasteiger partial charge in [0.15, 0.2) is 0 Å². The zero-order chi connectivity index (χ0) is 12.3. The molecule has 0 unspecified atom stereocenters. The molecule has 1 N–H and O–H groups in total. The van der Waals surface area contributed by atoms with Crippen LogP contribution in [0.3, 0.4) is 0 Å². The highest BCUT2D eigenvalue weighted by molar-refractivity contribution is 5.42. The number of nitrogens with zero attached hydrogens (tertiary/aromatic N) is 2. The summed E-state index contributed by atoms with van der Waals surface area (Å²) in [5, 5.41) is 13.5. The Kier molecular flexibility index (Phi) is 3.04. The minimum absolute atomic E-state index is 0.246. The monoisotopic (exact) mass is 233 g/mol. The van der Waals surface area contributed by atoms with Crippen LogP contribution in [-0.2, 0) is 6.54 Å². The van der Waals surface area contributed by atoms with E-state index < -0.39 is 4.92 Å². The van der Waals surface area contributed by atoms with E-state index in [-0.39, 0.29) is 5.88 Å². The van der Waals surface area contributed by atoms with Crippen molar-refractivity contribution in [3.05, 3.63) is 52.0 Å². The fraction of sp³-hybridized carbons (Fsp3) is 0.182. The van der Waals surface area contributed by atoms with E-state index >= 15 is 0 Å². The third-order valence-electron chi connectivity index (χ3n) is 2.17. The Morgan fingerprint density at radius 1 is 1.47 bits per heavy atom. The van der Waals surface area contributed by atoms with Crippen LogP contribution in [0, 0.1) is 17.0 Å². The fourth-order valence-corrected chi connectivity index (χ4v) is 1.40. The van der Waals surface area contributed by atoms with Gasteiger partial charge in [0.25, 0.3) is 0 Å². The number of aromatic nitrogens is 1. The Morgan fingerprint density at radius 3 is 2.94 bits per heavy atom. The first-order chi connectivity index (χ1) is 8.15. The van der Waals surface area contributed by atoms with Crippen LogP contribution in [0.5, 0.6) is 0 Å². The summed E-state index contributed by atoms with van der Waals surface area (Å²) >= 11 is 0. The largest absolute Gasteiger partial charge is 0.433 e. The molecule has 0 saturated heterocycles. The Bertz CT molecular complexity index is 536. The lowest BCUT2D eigenvalue weighted by molar-refractivity contribution is -0.402. The van der Waals surface area contributed by atoms with Crippen LogP contribution >= 0.6 is 0 Å². The summed E-state index contributed by atoms with van der Waals surface area (Å²) in [5.41, 5.74) is 1.89. The van der Waals surface area contributed by atoms with Gasteiger partial charge < -0.3 is 9.73 Å². The second-order valence-electron chi connectivity index (χ2n) is 3.60. The molecule has 0 saturated carbocycles. The number of furan rings is 1. The highest BCUT2D eigenvalue weighted by Gasteiger charge is 2.11. The number of nitro groups is 1. The topological polar surface area (TPSA) is 81.2 Å². The van der Waals surface area contributed by atoms with Gasteiger partial charge in [0, 0.05) is 12.4 Å². The molecule has 2 rings (SSSR count). The third-order valence-corrected chi connectivity index (χ3v) is 2.17. The number of nitrogens with one attached hydrogen (secondary N) is 1. The molecule has 0 amide bonds. The predicted molar refractivity (Wildman–Crippen MR) is 61.7 cm³/mol. The maximum atomic E-state index is 10.4. The van der Waals surface area contributed by atoms with E-state index in [1.54, 1.807) is 18.5 Å². The van der Waals surface area contributed by atoms with Crippen molar-refractivity contribution >= 4 is 11.6 Å². The molecule has 0 aliphatic rings. The van der Waals surface area contributed by atoms with Crippen molar-refractivity contribution in [1.29, 1.82) is 0 Å². The van der Waals surface area contributed by atoms with Gasteiger partial charge in [0.05, 0.1) is 18.3 Å². The minimum Gasteiger partial charge on any atom is -0.404 e. The molecule has 0 aromatic carbocycles. The van der Waals surface area contributed by atoms with Gasteiger partial charge in [-0.1, -0.05) is 0 Å². The lowest BCUT2D eigenvalue weighted by Crippen LogP contribution is -1.98. The van der Waals surface area contributed by atoms with Crippen LogP contribution in [0.25, 0.3) is 0 Å². The highest BCUT2D eigenvalue weighted by atomic mass is 16.6.